The van der Waals surface area contributed by atoms with E-state index in [9.17, 15) is 9.18 Å². The van der Waals surface area contributed by atoms with Crippen molar-refractivity contribution >= 4 is 28.5 Å². The molecule has 1 aromatic carbocycles. The van der Waals surface area contributed by atoms with Gasteiger partial charge in [-0.15, -0.1) is 0 Å². The van der Waals surface area contributed by atoms with Gasteiger partial charge >= 0.3 is 0 Å². The van der Waals surface area contributed by atoms with E-state index in [2.05, 4.69) is 22.2 Å². The van der Waals surface area contributed by atoms with Crippen LogP contribution in [0.25, 0.3) is 0 Å². The molecule has 0 aliphatic carbocycles. The number of amidine groups is 1. The number of hydrogen-bond donors (Lipinski definition) is 3. The minimum atomic E-state index is -0.873. The Morgan fingerprint density at radius 1 is 1.46 bits per heavy atom. The predicted molar refractivity (Wildman–Crippen MR) is 109 cm³/mol. The van der Waals surface area contributed by atoms with Gasteiger partial charge in [0.15, 0.2) is 5.17 Å². The number of aliphatic imine (C=N–C) groups is 1. The van der Waals surface area contributed by atoms with Gasteiger partial charge in [0, 0.05) is 41.4 Å². The number of thioether (sulfide) groups is 1. The third-order valence-corrected chi connectivity index (χ3v) is 6.42. The lowest BCUT2D eigenvalue weighted by molar-refractivity contribution is -0.0339. The number of hydrogen-bond acceptors (Lipinski definition) is 5. The number of aromatic nitrogens is 1. The summed E-state index contributed by atoms with van der Waals surface area (Å²) in [4.78, 5) is 20.1. The molecule has 0 bridgehead atoms. The van der Waals surface area contributed by atoms with Crippen molar-refractivity contribution in [3.05, 3.63) is 53.1 Å². The van der Waals surface area contributed by atoms with Crippen LogP contribution in [0.2, 0.25) is 0 Å². The smallest absolute Gasteiger partial charge is 0.257 e. The summed E-state index contributed by atoms with van der Waals surface area (Å²) in [5, 5.41) is 3.28. The van der Waals surface area contributed by atoms with Gasteiger partial charge in [-0.05, 0) is 37.1 Å². The zero-order chi connectivity index (χ0) is 19.9. The number of aromatic amines is 1. The standard InChI is InChI=1S/C20H23FN4O2S/c1-11-8-27-10-20(16(11)9-28-19(22)25-20)15-6-14(3-4-17(15)21)24-18(26)13-5-12(2)23-7-13/h3-7,11,16,23H,8-10H2,1-2H3,(H2,22,25)(H,24,26)/t11-,16+,20+/m0/s1. The number of benzene rings is 1. The molecular weight excluding hydrogens is 379 g/mol. The molecule has 28 heavy (non-hydrogen) atoms. The second-order valence-electron chi connectivity index (χ2n) is 7.50. The Hall–Kier alpha value is -2.32. The topological polar surface area (TPSA) is 92.5 Å². The fraction of sp³-hybridized carbons (Fsp3) is 0.400. The number of halogens is 1. The maximum Gasteiger partial charge on any atom is 0.257 e. The second kappa shape index (κ2) is 7.25. The summed E-state index contributed by atoms with van der Waals surface area (Å²) in [5.41, 5.74) is 7.48. The summed E-state index contributed by atoms with van der Waals surface area (Å²) in [5.74, 6) is 0.455. The lowest BCUT2D eigenvalue weighted by Gasteiger charge is -2.47. The predicted octanol–water partition coefficient (Wildman–Crippen LogP) is 3.25. The van der Waals surface area contributed by atoms with Gasteiger partial charge in [-0.25, -0.2) is 9.38 Å². The quantitative estimate of drug-likeness (QED) is 0.735. The maximum absolute atomic E-state index is 14.9. The average Bonchev–Trinajstić information content (AvgIpc) is 3.09. The zero-order valence-electron chi connectivity index (χ0n) is 15.8. The van der Waals surface area contributed by atoms with Crippen LogP contribution in [-0.2, 0) is 10.3 Å². The zero-order valence-corrected chi connectivity index (χ0v) is 16.6. The first-order valence-corrected chi connectivity index (χ1v) is 10.2. The van der Waals surface area contributed by atoms with Gasteiger partial charge in [-0.2, -0.15) is 0 Å². The van der Waals surface area contributed by atoms with Crippen molar-refractivity contribution in [2.75, 3.05) is 24.3 Å². The third kappa shape index (κ3) is 3.31. The number of anilines is 1. The number of carbonyl (C=O) groups is 1. The number of fused-ring (bicyclic) bond motifs is 1. The van der Waals surface area contributed by atoms with E-state index in [0.717, 1.165) is 11.4 Å². The molecule has 148 valence electrons. The number of carbonyl (C=O) groups excluding carboxylic acids is 1. The van der Waals surface area contributed by atoms with E-state index in [-0.39, 0.29) is 30.2 Å². The molecule has 1 fully saturated rings. The van der Waals surface area contributed by atoms with Gasteiger partial charge < -0.3 is 20.8 Å². The van der Waals surface area contributed by atoms with E-state index in [1.54, 1.807) is 24.4 Å². The van der Waals surface area contributed by atoms with Gasteiger partial charge in [0.2, 0.25) is 0 Å². The Kier molecular flexibility index (Phi) is 4.93. The Labute approximate surface area is 167 Å². The Bertz CT molecular complexity index is 944. The normalized spacial score (nSPS) is 27.0. The molecular formula is C20H23FN4O2S. The summed E-state index contributed by atoms with van der Waals surface area (Å²) in [6.45, 7) is 4.86. The summed E-state index contributed by atoms with van der Waals surface area (Å²) in [6, 6.07) is 6.34. The van der Waals surface area contributed by atoms with E-state index in [1.807, 2.05) is 6.92 Å². The first kappa shape index (κ1) is 19.0. The highest BCUT2D eigenvalue weighted by Crippen LogP contribution is 2.47. The number of rotatable bonds is 3. The van der Waals surface area contributed by atoms with Crippen molar-refractivity contribution in [2.24, 2.45) is 22.6 Å². The molecule has 0 radical (unpaired) electrons. The molecule has 1 amide bonds. The van der Waals surface area contributed by atoms with E-state index in [1.165, 1.54) is 17.8 Å². The van der Waals surface area contributed by atoms with Crippen LogP contribution >= 0.6 is 11.8 Å². The first-order valence-electron chi connectivity index (χ1n) is 9.21. The molecule has 3 heterocycles. The number of nitrogens with two attached hydrogens (primary N) is 1. The highest BCUT2D eigenvalue weighted by atomic mass is 32.2. The van der Waals surface area contributed by atoms with E-state index >= 15 is 0 Å². The van der Waals surface area contributed by atoms with Crippen molar-refractivity contribution < 1.29 is 13.9 Å². The molecule has 4 rings (SSSR count). The largest absolute Gasteiger partial charge is 0.379 e. The fourth-order valence-electron chi connectivity index (χ4n) is 4.03. The van der Waals surface area contributed by atoms with Crippen molar-refractivity contribution in [2.45, 2.75) is 19.4 Å². The first-order chi connectivity index (χ1) is 13.4. The Morgan fingerprint density at radius 3 is 3.04 bits per heavy atom. The minimum absolute atomic E-state index is 0.103. The van der Waals surface area contributed by atoms with Crippen LogP contribution in [0.3, 0.4) is 0 Å². The molecule has 2 aliphatic rings. The van der Waals surface area contributed by atoms with E-state index < -0.39 is 5.54 Å². The fourth-order valence-corrected chi connectivity index (χ4v) is 5.21. The molecule has 0 saturated carbocycles. The minimum Gasteiger partial charge on any atom is -0.379 e. The summed E-state index contributed by atoms with van der Waals surface area (Å²) in [6.07, 6.45) is 1.64. The third-order valence-electron chi connectivity index (χ3n) is 5.50. The molecule has 2 aromatic rings. The Balaban J connectivity index is 1.71. The maximum atomic E-state index is 14.9. The molecule has 2 aliphatic heterocycles. The highest BCUT2D eigenvalue weighted by molar-refractivity contribution is 8.13. The molecule has 1 aromatic heterocycles. The number of nitrogens with one attached hydrogen (secondary N) is 2. The molecule has 6 nitrogen and oxygen atoms in total. The van der Waals surface area contributed by atoms with Crippen LogP contribution in [0.1, 0.15) is 28.5 Å². The van der Waals surface area contributed by atoms with Gasteiger partial charge in [0.1, 0.15) is 11.4 Å². The number of nitrogens with zero attached hydrogens (tertiary/aromatic N) is 1. The molecule has 4 N–H and O–H groups in total. The highest BCUT2D eigenvalue weighted by Gasteiger charge is 2.50. The van der Waals surface area contributed by atoms with Crippen molar-refractivity contribution in [3.8, 4) is 0 Å². The Morgan fingerprint density at radius 2 is 2.29 bits per heavy atom. The van der Waals surface area contributed by atoms with Gasteiger partial charge in [-0.3, -0.25) is 4.79 Å². The van der Waals surface area contributed by atoms with Crippen molar-refractivity contribution in [1.29, 1.82) is 0 Å². The number of aryl methyl sites for hydroxylation is 1. The summed E-state index contributed by atoms with van der Waals surface area (Å²) in [7, 11) is 0. The lowest BCUT2D eigenvalue weighted by atomic mass is 9.72. The van der Waals surface area contributed by atoms with Crippen molar-refractivity contribution in [1.82, 2.24) is 4.98 Å². The molecule has 0 spiro atoms. The molecule has 1 saturated heterocycles. The van der Waals surface area contributed by atoms with Gasteiger partial charge in [0.05, 0.1) is 12.2 Å². The molecule has 8 heteroatoms. The summed E-state index contributed by atoms with van der Waals surface area (Å²) >= 11 is 1.50. The van der Waals surface area contributed by atoms with Crippen LogP contribution in [0.5, 0.6) is 0 Å². The molecule has 3 atom stereocenters. The number of H-pyrrole nitrogens is 1. The molecule has 0 unspecified atom stereocenters. The number of ether oxygens (including phenoxy) is 1. The van der Waals surface area contributed by atoms with E-state index in [0.29, 0.717) is 28.6 Å². The SMILES string of the molecule is Cc1cc(C(=O)Nc2ccc(F)c([C@]34COC[C@H](C)[C@H]3CSC(N)=N4)c2)c[nH]1. The van der Waals surface area contributed by atoms with Gasteiger partial charge in [0.25, 0.3) is 5.91 Å². The van der Waals surface area contributed by atoms with E-state index in [4.69, 9.17) is 10.5 Å². The van der Waals surface area contributed by atoms with Crippen LogP contribution in [0.4, 0.5) is 10.1 Å². The average molecular weight is 402 g/mol. The van der Waals surface area contributed by atoms with Gasteiger partial charge in [-0.1, -0.05) is 18.7 Å². The second-order valence-corrected chi connectivity index (χ2v) is 8.54. The monoisotopic (exact) mass is 402 g/mol. The van der Waals surface area contributed by atoms with Crippen LogP contribution in [-0.4, -0.2) is 35.0 Å². The summed E-state index contributed by atoms with van der Waals surface area (Å²) < 4.78 is 20.7. The van der Waals surface area contributed by atoms with Crippen LogP contribution < -0.4 is 11.1 Å². The van der Waals surface area contributed by atoms with Crippen LogP contribution in [0, 0.1) is 24.6 Å². The van der Waals surface area contributed by atoms with Crippen LogP contribution in [0.15, 0.2) is 35.5 Å². The van der Waals surface area contributed by atoms with Crippen molar-refractivity contribution in [3.63, 3.8) is 0 Å². The lowest BCUT2D eigenvalue weighted by Crippen LogP contribution is -2.51. The number of amides is 1.